The van der Waals surface area contributed by atoms with Crippen LogP contribution in [0.1, 0.15) is 11.3 Å². The summed E-state index contributed by atoms with van der Waals surface area (Å²) in [4.78, 5) is 12.1. The molecule has 9 nitrogen and oxygen atoms in total. The Hall–Kier alpha value is -4.60. The molecular weight excluding hydrogens is 421 g/mol. The van der Waals surface area contributed by atoms with Gasteiger partial charge in [0, 0.05) is 35.8 Å². The molecule has 33 heavy (non-hydrogen) atoms. The van der Waals surface area contributed by atoms with Crippen molar-refractivity contribution in [3.63, 3.8) is 0 Å². The number of aryl methyl sites for hydroxylation is 1. The van der Waals surface area contributed by atoms with Gasteiger partial charge in [-0.25, -0.2) is 14.4 Å². The van der Waals surface area contributed by atoms with Crippen LogP contribution in [0, 0.1) is 12.7 Å². The van der Waals surface area contributed by atoms with Crippen LogP contribution in [-0.4, -0.2) is 39.7 Å². The second-order valence-corrected chi connectivity index (χ2v) is 7.67. The Kier molecular flexibility index (Phi) is 4.35. The number of H-pyrrole nitrogens is 2. The van der Waals surface area contributed by atoms with Gasteiger partial charge in [0.15, 0.2) is 11.3 Å². The molecule has 0 saturated carbocycles. The summed E-state index contributed by atoms with van der Waals surface area (Å²) in [6.45, 7) is 2.25. The van der Waals surface area contributed by atoms with Crippen LogP contribution >= 0.6 is 0 Å². The maximum Gasteiger partial charge on any atom is 0.229 e. The smallest absolute Gasteiger partial charge is 0.229 e. The van der Waals surface area contributed by atoms with Crippen molar-refractivity contribution in [1.29, 1.82) is 0 Å². The summed E-state index contributed by atoms with van der Waals surface area (Å²) in [6, 6.07) is 12.8. The molecule has 0 amide bonds. The van der Waals surface area contributed by atoms with Crippen LogP contribution in [-0.2, 0) is 6.54 Å². The number of anilines is 1. The highest BCUT2D eigenvalue weighted by Crippen LogP contribution is 2.29. The van der Waals surface area contributed by atoms with Crippen LogP contribution < -0.4 is 5.32 Å². The predicted octanol–water partition coefficient (Wildman–Crippen LogP) is 4.12. The number of hydrogen-bond acceptors (Lipinski definition) is 6. The summed E-state index contributed by atoms with van der Waals surface area (Å²) in [7, 11) is 0. The number of rotatable bonds is 5. The van der Waals surface area contributed by atoms with Crippen molar-refractivity contribution in [2.45, 2.75) is 13.5 Å². The van der Waals surface area contributed by atoms with E-state index in [1.54, 1.807) is 24.7 Å². The molecule has 0 unspecified atom stereocenters. The molecule has 0 spiro atoms. The Balaban J connectivity index is 1.30. The lowest BCUT2D eigenvalue weighted by Gasteiger charge is -2.09. The number of fused-ring (bicyclic) bond motifs is 2. The van der Waals surface area contributed by atoms with E-state index in [2.05, 4.69) is 40.7 Å². The monoisotopic (exact) mass is 439 g/mol. The SMILES string of the molecule is Cc1cccc2nnc(NCc3ccc(-c4ccnc5nc(-c6cn[nH]c6)[nH]c45)cc3F)n12. The summed E-state index contributed by atoms with van der Waals surface area (Å²) >= 11 is 0. The number of pyridine rings is 2. The van der Waals surface area contributed by atoms with Gasteiger partial charge in [-0.15, -0.1) is 10.2 Å². The fourth-order valence-electron chi connectivity index (χ4n) is 3.92. The fraction of sp³-hybridized carbons (Fsp3) is 0.0870. The van der Waals surface area contributed by atoms with E-state index in [1.165, 1.54) is 6.07 Å². The lowest BCUT2D eigenvalue weighted by molar-refractivity contribution is 0.613. The lowest BCUT2D eigenvalue weighted by Crippen LogP contribution is -2.06. The quantitative estimate of drug-likeness (QED) is 0.373. The Morgan fingerprint density at radius 2 is 2.03 bits per heavy atom. The summed E-state index contributed by atoms with van der Waals surface area (Å²) < 4.78 is 16.9. The first-order chi connectivity index (χ1) is 16.2. The van der Waals surface area contributed by atoms with Crippen molar-refractivity contribution >= 4 is 22.8 Å². The predicted molar refractivity (Wildman–Crippen MR) is 122 cm³/mol. The molecule has 162 valence electrons. The van der Waals surface area contributed by atoms with E-state index in [0.29, 0.717) is 23.0 Å². The number of hydrogen-bond donors (Lipinski definition) is 3. The van der Waals surface area contributed by atoms with Crippen LogP contribution in [0.15, 0.2) is 61.1 Å². The van der Waals surface area contributed by atoms with Gasteiger partial charge in [-0.3, -0.25) is 9.50 Å². The highest BCUT2D eigenvalue weighted by atomic mass is 19.1. The van der Waals surface area contributed by atoms with Crippen molar-refractivity contribution in [3.05, 3.63) is 78.1 Å². The molecule has 0 saturated heterocycles. The first-order valence-electron chi connectivity index (χ1n) is 10.3. The zero-order chi connectivity index (χ0) is 22.4. The largest absolute Gasteiger partial charge is 0.350 e. The van der Waals surface area contributed by atoms with Gasteiger partial charge in [-0.05, 0) is 36.8 Å². The van der Waals surface area contributed by atoms with Gasteiger partial charge in [0.05, 0.1) is 17.3 Å². The maximum absolute atomic E-state index is 15.0. The number of imidazole rings is 1. The minimum atomic E-state index is -0.315. The molecular formula is C23H18FN9. The number of nitrogens with one attached hydrogen (secondary N) is 3. The summed E-state index contributed by atoms with van der Waals surface area (Å²) in [5.74, 6) is 0.910. The third-order valence-electron chi connectivity index (χ3n) is 5.59. The average Bonchev–Trinajstić information content (AvgIpc) is 3.57. The number of aromatic nitrogens is 8. The van der Waals surface area contributed by atoms with E-state index in [-0.39, 0.29) is 12.4 Å². The summed E-state index contributed by atoms with van der Waals surface area (Å²) in [5.41, 5.74) is 5.93. The molecule has 1 aromatic carbocycles. The minimum Gasteiger partial charge on any atom is -0.350 e. The maximum atomic E-state index is 15.0. The van der Waals surface area contributed by atoms with Crippen molar-refractivity contribution in [2.24, 2.45) is 0 Å². The molecule has 5 heterocycles. The summed E-state index contributed by atoms with van der Waals surface area (Å²) in [6.07, 6.45) is 5.10. The van der Waals surface area contributed by atoms with Crippen LogP contribution in [0.5, 0.6) is 0 Å². The van der Waals surface area contributed by atoms with Gasteiger partial charge in [-0.2, -0.15) is 5.10 Å². The highest BCUT2D eigenvalue weighted by Gasteiger charge is 2.14. The number of aromatic amines is 2. The molecule has 6 aromatic rings. The first kappa shape index (κ1) is 19.1. The van der Waals surface area contributed by atoms with E-state index in [9.17, 15) is 0 Å². The normalized spacial score (nSPS) is 11.5. The van der Waals surface area contributed by atoms with Gasteiger partial charge in [0.25, 0.3) is 0 Å². The Bertz CT molecular complexity index is 1600. The van der Waals surface area contributed by atoms with Crippen LogP contribution in [0.2, 0.25) is 0 Å². The van der Waals surface area contributed by atoms with Crippen molar-refractivity contribution in [1.82, 2.24) is 39.7 Å². The molecule has 0 aliphatic rings. The number of nitrogens with zero attached hydrogens (tertiary/aromatic N) is 6. The second-order valence-electron chi connectivity index (χ2n) is 7.67. The van der Waals surface area contributed by atoms with Crippen molar-refractivity contribution < 1.29 is 4.39 Å². The third kappa shape index (κ3) is 3.28. The lowest BCUT2D eigenvalue weighted by atomic mass is 10.0. The topological polar surface area (TPSA) is 112 Å². The molecule has 0 fully saturated rings. The third-order valence-corrected chi connectivity index (χ3v) is 5.59. The fourth-order valence-corrected chi connectivity index (χ4v) is 3.92. The highest BCUT2D eigenvalue weighted by molar-refractivity contribution is 5.91. The van der Waals surface area contributed by atoms with Crippen LogP contribution in [0.3, 0.4) is 0 Å². The molecule has 0 atom stereocenters. The summed E-state index contributed by atoms with van der Waals surface area (Å²) in [5, 5.41) is 18.2. The molecule has 0 aliphatic heterocycles. The second kappa shape index (κ2) is 7.52. The van der Waals surface area contributed by atoms with Gasteiger partial charge < -0.3 is 10.3 Å². The molecule has 5 aromatic heterocycles. The van der Waals surface area contributed by atoms with E-state index in [0.717, 1.165) is 33.5 Å². The molecule has 0 radical (unpaired) electrons. The molecule has 0 bridgehead atoms. The van der Waals surface area contributed by atoms with E-state index in [4.69, 9.17) is 0 Å². The van der Waals surface area contributed by atoms with E-state index < -0.39 is 0 Å². The molecule has 3 N–H and O–H groups in total. The average molecular weight is 439 g/mol. The standard InChI is InChI=1S/C23H18FN9/c1-13-3-2-4-19-31-32-23(33(13)19)26-10-15-6-5-14(9-18(15)24)17-7-8-25-22-20(17)29-21(30-22)16-11-27-28-12-16/h2-9,11-12H,10H2,1H3,(H,26,32)(H,27,28)(H,25,29,30). The Morgan fingerprint density at radius 1 is 1.09 bits per heavy atom. The Labute approximate surface area is 186 Å². The van der Waals surface area contributed by atoms with E-state index >= 15 is 4.39 Å². The number of benzene rings is 1. The molecule has 6 rings (SSSR count). The van der Waals surface area contributed by atoms with Crippen molar-refractivity contribution in [3.8, 4) is 22.5 Å². The molecule has 10 heteroatoms. The Morgan fingerprint density at radius 3 is 2.88 bits per heavy atom. The molecule has 0 aliphatic carbocycles. The van der Waals surface area contributed by atoms with E-state index in [1.807, 2.05) is 41.7 Å². The van der Waals surface area contributed by atoms with Gasteiger partial charge in [-0.1, -0.05) is 18.2 Å². The minimum absolute atomic E-state index is 0.279. The van der Waals surface area contributed by atoms with Crippen LogP contribution in [0.4, 0.5) is 10.3 Å². The van der Waals surface area contributed by atoms with Gasteiger partial charge in [0.1, 0.15) is 11.6 Å². The van der Waals surface area contributed by atoms with Gasteiger partial charge >= 0.3 is 0 Å². The number of halogens is 1. The van der Waals surface area contributed by atoms with Gasteiger partial charge in [0.2, 0.25) is 5.95 Å². The zero-order valence-electron chi connectivity index (χ0n) is 17.5. The van der Waals surface area contributed by atoms with Crippen LogP contribution in [0.25, 0.3) is 39.3 Å². The zero-order valence-corrected chi connectivity index (χ0v) is 17.5. The van der Waals surface area contributed by atoms with Crippen molar-refractivity contribution in [2.75, 3.05) is 5.32 Å². The first-order valence-corrected chi connectivity index (χ1v) is 10.3.